The number of nitrogens with one attached hydrogen (secondary N) is 1. The molecule has 0 aliphatic rings. The summed E-state index contributed by atoms with van der Waals surface area (Å²) in [5, 5.41) is 18.7. The number of nitro benzene ring substituents is 1. The SMILES string of the molecule is Nc1ccccc1NC(=O)c1ccc(Cn2ncc3cc([N+](=O)[O-])ccc32)cc1. The van der Waals surface area contributed by atoms with Crippen molar-refractivity contribution in [2.24, 2.45) is 0 Å². The van der Waals surface area contributed by atoms with Gasteiger partial charge in [0.05, 0.1) is 34.6 Å². The second-order valence-corrected chi connectivity index (χ2v) is 6.54. The molecule has 0 saturated carbocycles. The number of nitro groups is 1. The fourth-order valence-electron chi connectivity index (χ4n) is 3.05. The highest BCUT2D eigenvalue weighted by molar-refractivity contribution is 6.05. The summed E-state index contributed by atoms with van der Waals surface area (Å²) in [7, 11) is 0. The molecular weight excluding hydrogens is 370 g/mol. The molecule has 0 aliphatic heterocycles. The summed E-state index contributed by atoms with van der Waals surface area (Å²) in [6.45, 7) is 0.481. The van der Waals surface area contributed by atoms with Crippen LogP contribution in [0.3, 0.4) is 0 Å². The number of nitrogens with two attached hydrogens (primary N) is 1. The summed E-state index contributed by atoms with van der Waals surface area (Å²) in [6, 6.07) is 18.9. The van der Waals surface area contributed by atoms with Crippen LogP contribution in [0.5, 0.6) is 0 Å². The Bertz CT molecular complexity index is 1210. The molecule has 0 saturated heterocycles. The van der Waals surface area contributed by atoms with Gasteiger partial charge >= 0.3 is 0 Å². The van der Waals surface area contributed by atoms with Crippen molar-refractivity contribution in [2.45, 2.75) is 6.54 Å². The summed E-state index contributed by atoms with van der Waals surface area (Å²) < 4.78 is 1.76. The van der Waals surface area contributed by atoms with Gasteiger partial charge in [-0.15, -0.1) is 0 Å². The maximum absolute atomic E-state index is 12.4. The number of amides is 1. The van der Waals surface area contributed by atoms with Gasteiger partial charge < -0.3 is 11.1 Å². The number of benzene rings is 3. The topological polar surface area (TPSA) is 116 Å². The van der Waals surface area contributed by atoms with Crippen LogP contribution in [-0.4, -0.2) is 20.6 Å². The molecule has 3 N–H and O–H groups in total. The van der Waals surface area contributed by atoms with Crippen LogP contribution in [0.2, 0.25) is 0 Å². The number of non-ortho nitro benzene ring substituents is 1. The van der Waals surface area contributed by atoms with E-state index in [1.165, 1.54) is 12.1 Å². The monoisotopic (exact) mass is 387 g/mol. The summed E-state index contributed by atoms with van der Waals surface area (Å²) in [6.07, 6.45) is 1.61. The smallest absolute Gasteiger partial charge is 0.270 e. The fourth-order valence-corrected chi connectivity index (χ4v) is 3.05. The standard InChI is InChI=1S/C21H17N5O3/c22-18-3-1-2-4-19(18)24-21(27)15-7-5-14(6-8-15)13-25-20-10-9-17(26(28)29)11-16(20)12-23-25/h1-12H,13,22H2,(H,24,27). The lowest BCUT2D eigenvalue weighted by atomic mass is 10.1. The van der Waals surface area contributed by atoms with Gasteiger partial charge in [0.1, 0.15) is 0 Å². The van der Waals surface area contributed by atoms with Crippen molar-refractivity contribution in [1.82, 2.24) is 9.78 Å². The summed E-state index contributed by atoms with van der Waals surface area (Å²) >= 11 is 0. The fraction of sp³-hybridized carbons (Fsp3) is 0.0476. The van der Waals surface area contributed by atoms with Crippen LogP contribution < -0.4 is 11.1 Å². The maximum atomic E-state index is 12.4. The Hall–Kier alpha value is -4.20. The van der Waals surface area contributed by atoms with Crippen LogP contribution in [0.25, 0.3) is 10.9 Å². The molecule has 4 aromatic rings. The minimum Gasteiger partial charge on any atom is -0.397 e. The predicted octanol–water partition coefficient (Wildman–Crippen LogP) is 3.83. The lowest BCUT2D eigenvalue weighted by Gasteiger charge is -2.09. The first kappa shape index (κ1) is 18.2. The second kappa shape index (κ2) is 7.43. The molecule has 1 aromatic heterocycles. The van der Waals surface area contributed by atoms with E-state index in [1.807, 2.05) is 12.1 Å². The molecule has 0 unspecified atom stereocenters. The van der Waals surface area contributed by atoms with Crippen molar-refractivity contribution in [3.63, 3.8) is 0 Å². The van der Waals surface area contributed by atoms with Crippen LogP contribution in [0.1, 0.15) is 15.9 Å². The average Bonchev–Trinajstić information content (AvgIpc) is 3.12. The van der Waals surface area contributed by atoms with Gasteiger partial charge in [0.15, 0.2) is 0 Å². The van der Waals surface area contributed by atoms with E-state index in [4.69, 9.17) is 5.73 Å². The van der Waals surface area contributed by atoms with Gasteiger partial charge in [-0.1, -0.05) is 24.3 Å². The number of anilines is 2. The van der Waals surface area contributed by atoms with Crippen LogP contribution in [0.4, 0.5) is 17.1 Å². The molecule has 0 aliphatic carbocycles. The average molecular weight is 387 g/mol. The number of nitrogen functional groups attached to an aromatic ring is 1. The summed E-state index contributed by atoms with van der Waals surface area (Å²) in [5.41, 5.74) is 9.22. The number of hydrogen-bond donors (Lipinski definition) is 2. The van der Waals surface area contributed by atoms with E-state index in [2.05, 4.69) is 10.4 Å². The highest BCUT2D eigenvalue weighted by Crippen LogP contribution is 2.22. The van der Waals surface area contributed by atoms with E-state index in [9.17, 15) is 14.9 Å². The molecule has 0 fully saturated rings. The van der Waals surface area contributed by atoms with Gasteiger partial charge in [-0.2, -0.15) is 5.10 Å². The van der Waals surface area contributed by atoms with E-state index in [-0.39, 0.29) is 11.6 Å². The van der Waals surface area contributed by atoms with E-state index in [0.717, 1.165) is 11.1 Å². The zero-order valence-corrected chi connectivity index (χ0v) is 15.3. The maximum Gasteiger partial charge on any atom is 0.270 e. The highest BCUT2D eigenvalue weighted by Gasteiger charge is 2.11. The molecule has 144 valence electrons. The first-order valence-corrected chi connectivity index (χ1v) is 8.86. The Morgan fingerprint density at radius 1 is 1.10 bits per heavy atom. The first-order valence-electron chi connectivity index (χ1n) is 8.86. The minimum atomic E-state index is -0.427. The lowest BCUT2D eigenvalue weighted by molar-refractivity contribution is -0.384. The third kappa shape index (κ3) is 3.77. The Balaban J connectivity index is 1.50. The normalized spacial score (nSPS) is 10.8. The molecule has 0 radical (unpaired) electrons. The molecule has 4 rings (SSSR count). The Morgan fingerprint density at radius 2 is 1.86 bits per heavy atom. The van der Waals surface area contributed by atoms with Gasteiger partial charge in [-0.25, -0.2) is 0 Å². The molecule has 1 amide bonds. The summed E-state index contributed by atoms with van der Waals surface area (Å²) in [5.74, 6) is -0.244. The van der Waals surface area contributed by atoms with Crippen molar-refractivity contribution in [1.29, 1.82) is 0 Å². The van der Waals surface area contributed by atoms with Gasteiger partial charge in [0, 0.05) is 23.1 Å². The Morgan fingerprint density at radius 3 is 2.59 bits per heavy atom. The van der Waals surface area contributed by atoms with E-state index >= 15 is 0 Å². The molecule has 29 heavy (non-hydrogen) atoms. The second-order valence-electron chi connectivity index (χ2n) is 6.54. The first-order chi connectivity index (χ1) is 14.0. The minimum absolute atomic E-state index is 0.0338. The number of hydrogen-bond acceptors (Lipinski definition) is 5. The van der Waals surface area contributed by atoms with Crippen molar-refractivity contribution < 1.29 is 9.72 Å². The van der Waals surface area contributed by atoms with Gasteiger partial charge in [0.2, 0.25) is 0 Å². The van der Waals surface area contributed by atoms with Crippen molar-refractivity contribution in [2.75, 3.05) is 11.1 Å². The van der Waals surface area contributed by atoms with Crippen LogP contribution in [0, 0.1) is 10.1 Å². The Kier molecular flexibility index (Phi) is 4.66. The lowest BCUT2D eigenvalue weighted by Crippen LogP contribution is -2.13. The van der Waals surface area contributed by atoms with E-state index in [0.29, 0.717) is 28.9 Å². The van der Waals surface area contributed by atoms with Crippen molar-refractivity contribution in [3.8, 4) is 0 Å². The van der Waals surface area contributed by atoms with Crippen LogP contribution in [-0.2, 0) is 6.54 Å². The number of aromatic nitrogens is 2. The van der Waals surface area contributed by atoms with Gasteiger partial charge in [0.25, 0.3) is 11.6 Å². The highest BCUT2D eigenvalue weighted by atomic mass is 16.6. The predicted molar refractivity (Wildman–Crippen MR) is 111 cm³/mol. The number of rotatable bonds is 5. The summed E-state index contributed by atoms with van der Waals surface area (Å²) in [4.78, 5) is 22.9. The van der Waals surface area contributed by atoms with Crippen molar-refractivity contribution >= 4 is 33.9 Å². The zero-order valence-electron chi connectivity index (χ0n) is 15.3. The largest absolute Gasteiger partial charge is 0.397 e. The molecule has 8 heteroatoms. The molecule has 8 nitrogen and oxygen atoms in total. The van der Waals surface area contributed by atoms with E-state index in [1.54, 1.807) is 53.3 Å². The molecule has 3 aromatic carbocycles. The molecule has 0 spiro atoms. The molecular formula is C21H17N5O3. The van der Waals surface area contributed by atoms with Crippen molar-refractivity contribution in [3.05, 3.63) is 94.2 Å². The van der Waals surface area contributed by atoms with Gasteiger partial charge in [-0.3, -0.25) is 19.6 Å². The number of para-hydroxylation sites is 2. The quantitative estimate of drug-likeness (QED) is 0.307. The molecule has 0 atom stereocenters. The van der Waals surface area contributed by atoms with Gasteiger partial charge in [-0.05, 0) is 35.9 Å². The number of carbonyl (C=O) groups excluding carboxylic acids is 1. The third-order valence-corrected chi connectivity index (χ3v) is 4.59. The Labute approximate surface area is 165 Å². The van der Waals surface area contributed by atoms with Crippen LogP contribution in [0.15, 0.2) is 72.9 Å². The van der Waals surface area contributed by atoms with E-state index < -0.39 is 4.92 Å². The number of nitrogens with zero attached hydrogens (tertiary/aromatic N) is 3. The third-order valence-electron chi connectivity index (χ3n) is 4.59. The number of fused-ring (bicyclic) bond motifs is 1. The molecule has 0 bridgehead atoms. The molecule has 1 heterocycles. The van der Waals surface area contributed by atoms with Crippen LogP contribution >= 0.6 is 0 Å². The zero-order chi connectivity index (χ0) is 20.4. The number of carbonyl (C=O) groups is 1.